The number of nitrogens with zero attached hydrogens (tertiary/aromatic N) is 3. The molecule has 2 aliphatic heterocycles. The van der Waals surface area contributed by atoms with Crippen molar-refractivity contribution in [3.63, 3.8) is 0 Å². The summed E-state index contributed by atoms with van der Waals surface area (Å²) in [5.74, 6) is -0.108. The van der Waals surface area contributed by atoms with Crippen LogP contribution in [0.25, 0.3) is 5.76 Å². The van der Waals surface area contributed by atoms with Crippen molar-refractivity contribution in [2.24, 2.45) is 0 Å². The molecule has 10 heteroatoms. The van der Waals surface area contributed by atoms with Crippen LogP contribution in [-0.2, 0) is 21.8 Å². The van der Waals surface area contributed by atoms with E-state index in [9.17, 15) is 14.7 Å². The summed E-state index contributed by atoms with van der Waals surface area (Å²) in [6, 6.07) is 19.8. The monoisotopic (exact) mass is 617 g/mol. The van der Waals surface area contributed by atoms with E-state index < -0.39 is 17.7 Å². The zero-order valence-electron chi connectivity index (χ0n) is 23.2. The highest BCUT2D eigenvalue weighted by Gasteiger charge is 2.48. The first-order valence-electron chi connectivity index (χ1n) is 13.6. The second-order valence-corrected chi connectivity index (χ2v) is 13.3. The Balaban J connectivity index is 1.40. The molecule has 1 aromatic heterocycles. The number of anilines is 1. The molecule has 1 N–H and O–H groups in total. The van der Waals surface area contributed by atoms with Crippen LogP contribution >= 0.6 is 34.7 Å². The molecule has 6 rings (SSSR count). The second kappa shape index (κ2) is 11.6. The van der Waals surface area contributed by atoms with Crippen molar-refractivity contribution >= 4 is 57.3 Å². The van der Waals surface area contributed by atoms with E-state index in [1.165, 1.54) is 28.0 Å². The molecule has 0 aliphatic carbocycles. The van der Waals surface area contributed by atoms with Crippen LogP contribution in [0.15, 0.2) is 76.6 Å². The number of benzene rings is 3. The number of halogens is 1. The molecular formula is C32H28ClN3O4S2. The highest BCUT2D eigenvalue weighted by molar-refractivity contribution is 8.00. The van der Waals surface area contributed by atoms with E-state index in [0.717, 1.165) is 22.4 Å². The topological polar surface area (TPSA) is 92.6 Å². The molecule has 0 saturated carbocycles. The van der Waals surface area contributed by atoms with E-state index in [2.05, 4.69) is 24.0 Å². The number of carbonyl (C=O) groups excluding carboxylic acids is 2. The number of Topliss-reactive ketones (excluding diaryl/α,β-unsaturated/α-hetero) is 1. The minimum atomic E-state index is -0.871. The lowest BCUT2D eigenvalue weighted by Gasteiger charge is -2.23. The van der Waals surface area contributed by atoms with Crippen molar-refractivity contribution in [3.8, 4) is 5.75 Å². The van der Waals surface area contributed by atoms with Gasteiger partial charge < -0.3 is 9.84 Å². The normalized spacial score (nSPS) is 19.4. The Labute approximate surface area is 257 Å². The Morgan fingerprint density at radius 1 is 1.12 bits per heavy atom. The molecule has 2 atom stereocenters. The Morgan fingerprint density at radius 2 is 1.88 bits per heavy atom. The van der Waals surface area contributed by atoms with Gasteiger partial charge in [0.25, 0.3) is 5.78 Å². The molecule has 1 fully saturated rings. The van der Waals surface area contributed by atoms with E-state index >= 15 is 0 Å². The zero-order chi connectivity index (χ0) is 29.5. The number of ether oxygens (including phenoxy) is 1. The largest absolute Gasteiger partial charge is 0.507 e. The Hall–Kier alpha value is -3.66. The van der Waals surface area contributed by atoms with Crippen LogP contribution in [0.3, 0.4) is 0 Å². The SMILES string of the molecule is CC(C)c1ccc([C@@H]2C(=C(O)c3ccc4c(c3)C[C@H](C)O4)C(=O)C(=O)N2c2nnc(SCc3ccccc3Cl)s2)cc1. The highest BCUT2D eigenvalue weighted by atomic mass is 35.5. The van der Waals surface area contributed by atoms with Gasteiger partial charge in [0, 0.05) is 22.8 Å². The van der Waals surface area contributed by atoms with Gasteiger partial charge in [0.2, 0.25) is 5.13 Å². The van der Waals surface area contributed by atoms with Crippen molar-refractivity contribution in [1.29, 1.82) is 0 Å². The fourth-order valence-corrected chi connectivity index (χ4v) is 7.40. The van der Waals surface area contributed by atoms with Gasteiger partial charge in [0.05, 0.1) is 11.6 Å². The fourth-order valence-electron chi connectivity index (χ4n) is 5.25. The number of ketones is 1. The van der Waals surface area contributed by atoms with Gasteiger partial charge in [-0.1, -0.05) is 91.0 Å². The first-order chi connectivity index (χ1) is 20.2. The average Bonchev–Trinajstić information content (AvgIpc) is 3.67. The minimum absolute atomic E-state index is 0.0182. The third-order valence-corrected chi connectivity index (χ3v) is 9.92. The van der Waals surface area contributed by atoms with Crippen molar-refractivity contribution < 1.29 is 19.4 Å². The van der Waals surface area contributed by atoms with Gasteiger partial charge in [-0.25, -0.2) is 0 Å². The van der Waals surface area contributed by atoms with Crippen molar-refractivity contribution in [3.05, 3.63) is 105 Å². The second-order valence-electron chi connectivity index (χ2n) is 10.7. The number of aliphatic hydroxyl groups is 1. The van der Waals surface area contributed by atoms with Gasteiger partial charge in [-0.05, 0) is 59.4 Å². The molecule has 1 amide bonds. The average molecular weight is 618 g/mol. The number of carbonyl (C=O) groups is 2. The van der Waals surface area contributed by atoms with Crippen LogP contribution in [0.5, 0.6) is 5.75 Å². The first kappa shape index (κ1) is 28.5. The number of aromatic nitrogens is 2. The van der Waals surface area contributed by atoms with Gasteiger partial charge in [-0.15, -0.1) is 10.2 Å². The lowest BCUT2D eigenvalue weighted by atomic mass is 9.93. The Bertz CT molecular complexity index is 1720. The Morgan fingerprint density at radius 3 is 2.62 bits per heavy atom. The predicted octanol–water partition coefficient (Wildman–Crippen LogP) is 7.56. The van der Waals surface area contributed by atoms with E-state index in [4.69, 9.17) is 16.3 Å². The standard InChI is InChI=1S/C32H28ClN3O4S2/c1-17(2)19-8-10-20(11-9-19)27-26(28(37)21-12-13-25-23(15-21)14-18(3)40-25)29(38)30(39)36(27)31-34-35-32(42-31)41-16-22-6-4-5-7-24(22)33/h4-13,15,17-18,27,37H,14,16H2,1-3H3/t18-,27+/m0/s1. The molecule has 42 heavy (non-hydrogen) atoms. The highest BCUT2D eigenvalue weighted by Crippen LogP contribution is 2.45. The van der Waals surface area contributed by atoms with Crippen LogP contribution in [0.1, 0.15) is 60.5 Å². The summed E-state index contributed by atoms with van der Waals surface area (Å²) in [4.78, 5) is 28.6. The van der Waals surface area contributed by atoms with E-state index in [-0.39, 0.29) is 22.6 Å². The maximum atomic E-state index is 13.6. The molecule has 4 aromatic rings. The number of hydrogen-bond donors (Lipinski definition) is 1. The van der Waals surface area contributed by atoms with E-state index in [0.29, 0.717) is 38.6 Å². The number of fused-ring (bicyclic) bond motifs is 1. The molecular weight excluding hydrogens is 590 g/mol. The van der Waals surface area contributed by atoms with Gasteiger partial charge in [0.1, 0.15) is 17.6 Å². The van der Waals surface area contributed by atoms with Crippen LogP contribution in [0.2, 0.25) is 5.02 Å². The molecule has 0 bridgehead atoms. The van der Waals surface area contributed by atoms with Crippen molar-refractivity contribution in [2.75, 3.05) is 4.90 Å². The molecule has 214 valence electrons. The van der Waals surface area contributed by atoms with Gasteiger partial charge in [-0.2, -0.15) is 0 Å². The molecule has 2 aliphatic rings. The third-order valence-electron chi connectivity index (χ3n) is 7.44. The van der Waals surface area contributed by atoms with Gasteiger partial charge in [-0.3, -0.25) is 14.5 Å². The molecule has 3 heterocycles. The molecule has 0 radical (unpaired) electrons. The molecule has 0 spiro atoms. The maximum absolute atomic E-state index is 13.6. The van der Waals surface area contributed by atoms with Crippen LogP contribution in [-0.4, -0.2) is 33.1 Å². The number of thioether (sulfide) groups is 1. The van der Waals surface area contributed by atoms with Crippen LogP contribution in [0, 0.1) is 0 Å². The zero-order valence-corrected chi connectivity index (χ0v) is 25.6. The van der Waals surface area contributed by atoms with Gasteiger partial charge in [0.15, 0.2) is 4.34 Å². The summed E-state index contributed by atoms with van der Waals surface area (Å²) < 4.78 is 6.44. The molecule has 7 nitrogen and oxygen atoms in total. The number of hydrogen-bond acceptors (Lipinski definition) is 8. The van der Waals surface area contributed by atoms with Crippen molar-refractivity contribution in [1.82, 2.24) is 10.2 Å². The smallest absolute Gasteiger partial charge is 0.301 e. The Kier molecular flexibility index (Phi) is 7.83. The summed E-state index contributed by atoms with van der Waals surface area (Å²) in [5.41, 5.74) is 4.20. The van der Waals surface area contributed by atoms with Crippen molar-refractivity contribution in [2.45, 2.75) is 55.3 Å². The van der Waals surface area contributed by atoms with E-state index in [1.807, 2.05) is 61.5 Å². The number of aliphatic hydroxyl groups excluding tert-OH is 1. The lowest BCUT2D eigenvalue weighted by molar-refractivity contribution is -0.132. The molecule has 1 saturated heterocycles. The molecule has 3 aromatic carbocycles. The summed E-state index contributed by atoms with van der Waals surface area (Å²) in [5, 5.41) is 21.1. The van der Waals surface area contributed by atoms with Gasteiger partial charge >= 0.3 is 5.91 Å². The molecule has 0 unspecified atom stereocenters. The third kappa shape index (κ3) is 5.32. The quantitative estimate of drug-likeness (QED) is 0.0752. The lowest BCUT2D eigenvalue weighted by Crippen LogP contribution is -2.29. The van der Waals surface area contributed by atoms with Crippen LogP contribution < -0.4 is 9.64 Å². The number of rotatable bonds is 7. The summed E-state index contributed by atoms with van der Waals surface area (Å²) >= 11 is 8.99. The first-order valence-corrected chi connectivity index (χ1v) is 15.8. The van der Waals surface area contributed by atoms with E-state index in [1.54, 1.807) is 12.1 Å². The predicted molar refractivity (Wildman–Crippen MR) is 166 cm³/mol. The fraction of sp³-hybridized carbons (Fsp3) is 0.250. The van der Waals surface area contributed by atoms with Crippen LogP contribution in [0.4, 0.5) is 5.13 Å². The maximum Gasteiger partial charge on any atom is 0.301 e. The summed E-state index contributed by atoms with van der Waals surface area (Å²) in [7, 11) is 0. The summed E-state index contributed by atoms with van der Waals surface area (Å²) in [6.07, 6.45) is 0.731. The number of amides is 1. The summed E-state index contributed by atoms with van der Waals surface area (Å²) in [6.45, 7) is 6.18. The minimum Gasteiger partial charge on any atom is -0.507 e.